The van der Waals surface area contributed by atoms with Crippen LogP contribution < -0.4 is 5.32 Å². The van der Waals surface area contributed by atoms with E-state index in [4.69, 9.17) is 52.1 Å². The fourth-order valence-electron chi connectivity index (χ4n) is 7.59. The van der Waals surface area contributed by atoms with Gasteiger partial charge in [0.25, 0.3) is 0 Å². The molecule has 8 unspecified atom stereocenters. The lowest BCUT2D eigenvalue weighted by atomic mass is 9.94. The van der Waals surface area contributed by atoms with E-state index in [1.807, 2.05) is 67.6 Å². The van der Waals surface area contributed by atoms with Gasteiger partial charge in [-0.2, -0.15) is 4.90 Å². The predicted molar refractivity (Wildman–Crippen MR) is 261 cm³/mol. The van der Waals surface area contributed by atoms with Crippen molar-refractivity contribution in [2.24, 2.45) is 0 Å². The number of carbonyl (C=O) groups excluding carboxylic acids is 5. The van der Waals surface area contributed by atoms with E-state index in [1.165, 1.54) is 0 Å². The Hall–Kier alpha value is -4.85. The Kier molecular flexibility index (Phi) is 23.5. The Bertz CT molecular complexity index is 1940. The average molecular weight is 1000 g/mol. The molecule has 0 saturated carbocycles. The number of amides is 3. The van der Waals surface area contributed by atoms with Crippen molar-refractivity contribution in [3.8, 4) is 0 Å². The maximum atomic E-state index is 14.2. The van der Waals surface area contributed by atoms with Crippen LogP contribution in [0.1, 0.15) is 126 Å². The van der Waals surface area contributed by atoms with Crippen molar-refractivity contribution in [2.45, 2.75) is 193 Å². The van der Waals surface area contributed by atoms with Gasteiger partial charge in [0.15, 0.2) is 12.1 Å². The van der Waals surface area contributed by atoms with E-state index in [0.29, 0.717) is 18.1 Å². The summed E-state index contributed by atoms with van der Waals surface area (Å²) in [5.41, 5.74) is -1.72. The molecule has 2 aliphatic heterocycles. The first-order valence-corrected chi connectivity index (χ1v) is 25.0. The van der Waals surface area contributed by atoms with Gasteiger partial charge in [-0.15, -0.1) is 0 Å². The van der Waals surface area contributed by atoms with E-state index in [2.05, 4.69) is 12.2 Å². The summed E-state index contributed by atoms with van der Waals surface area (Å²) in [5, 5.41) is 2.59. The van der Waals surface area contributed by atoms with Gasteiger partial charge in [-0.1, -0.05) is 87.4 Å². The Morgan fingerprint density at radius 1 is 0.606 bits per heavy atom. The minimum atomic E-state index is -1.62. The van der Waals surface area contributed by atoms with E-state index in [1.54, 1.807) is 62.3 Å². The second-order valence-electron chi connectivity index (χ2n) is 20.2. The number of rotatable bonds is 21. The summed E-state index contributed by atoms with van der Waals surface area (Å²) in [6.07, 6.45) is -3.90. The topological polar surface area (TPSA) is 202 Å². The molecule has 0 aliphatic carbocycles. The molecule has 4 rings (SSSR count). The summed E-state index contributed by atoms with van der Waals surface area (Å²) in [4.78, 5) is 69.8. The average Bonchev–Trinajstić information content (AvgIpc) is 3.38. The summed E-state index contributed by atoms with van der Waals surface area (Å²) in [6.45, 7) is 19.6. The van der Waals surface area contributed by atoms with Gasteiger partial charge >= 0.3 is 30.2 Å². The highest BCUT2D eigenvalue weighted by atomic mass is 16.6. The maximum absolute atomic E-state index is 14.2. The first-order chi connectivity index (χ1) is 33.6. The highest BCUT2D eigenvalue weighted by molar-refractivity contribution is 5.94. The van der Waals surface area contributed by atoms with Crippen LogP contribution in [0.15, 0.2) is 60.7 Å². The normalized spacial score (nSPS) is 23.8. The van der Waals surface area contributed by atoms with Gasteiger partial charge in [-0.25, -0.2) is 24.0 Å². The fourth-order valence-corrected chi connectivity index (χ4v) is 7.59. The molecule has 2 aromatic carbocycles. The van der Waals surface area contributed by atoms with Gasteiger partial charge in [0.05, 0.1) is 39.6 Å². The number of nitrogens with one attached hydrogen (secondary N) is 1. The van der Waals surface area contributed by atoms with Gasteiger partial charge in [-0.3, -0.25) is 0 Å². The SMILES string of the molecule is CCCCOC1COCC(NC(=O)OC(C)(C)CCC(C)(C)OC(=O)N(C(=O)OC(C)(C)C)C2COCC(OCCCC)C(OCc3ccccc3)C(C)OC2=O)C(=O)OC(C)C1OCc1ccccc1. The van der Waals surface area contributed by atoms with Crippen LogP contribution in [0.3, 0.4) is 0 Å². The number of carbonyl (C=O) groups is 5. The Labute approximate surface area is 420 Å². The fraction of sp³-hybridized carbons (Fsp3) is 0.679. The molecule has 3 amide bonds. The van der Waals surface area contributed by atoms with Crippen LogP contribution >= 0.6 is 0 Å². The van der Waals surface area contributed by atoms with Gasteiger partial charge in [0.2, 0.25) is 0 Å². The summed E-state index contributed by atoms with van der Waals surface area (Å²) in [6, 6.07) is 16.3. The number of ether oxygens (including phenoxy) is 11. The number of imide groups is 1. The molecule has 0 aromatic heterocycles. The molecule has 18 nitrogen and oxygen atoms in total. The van der Waals surface area contributed by atoms with Crippen molar-refractivity contribution in [2.75, 3.05) is 39.6 Å². The third-order valence-electron chi connectivity index (χ3n) is 11.6. The number of esters is 2. The molecule has 18 heteroatoms. The number of unbranched alkanes of at least 4 members (excludes halogenated alkanes) is 2. The molecule has 2 aromatic rings. The lowest BCUT2D eigenvalue weighted by molar-refractivity contribution is -0.171. The van der Waals surface area contributed by atoms with E-state index in [-0.39, 0.29) is 45.9 Å². The first kappa shape index (κ1) is 58.7. The summed E-state index contributed by atoms with van der Waals surface area (Å²) >= 11 is 0. The standard InChI is InChI=1S/C53H80N2O16/c1-12-14-28-63-42-34-61-32-40(46(56)67-36(3)44(42)65-30-38-22-18-16-19-23-38)54-48(58)69-52(8,9)26-27-53(10,11)71-50(60)55(49(59)70-51(5,6)7)41-33-62-35-43(64-29-15-13-2)45(37(4)68-47(41)57)66-31-39-24-20-17-21-25-39/h16-25,36-37,40-45H,12-15,26-35H2,1-11H3,(H,54,58). The Morgan fingerprint density at radius 3 is 1.54 bits per heavy atom. The zero-order valence-electron chi connectivity index (χ0n) is 43.8. The van der Waals surface area contributed by atoms with Crippen LogP contribution in [0.2, 0.25) is 0 Å². The summed E-state index contributed by atoms with van der Waals surface area (Å²) in [5.74, 6) is -1.68. The largest absolute Gasteiger partial charge is 0.458 e. The Morgan fingerprint density at radius 2 is 1.06 bits per heavy atom. The van der Waals surface area contributed by atoms with Gasteiger partial charge in [0, 0.05) is 13.2 Å². The number of benzene rings is 2. The van der Waals surface area contributed by atoms with E-state index in [0.717, 1.165) is 36.8 Å². The zero-order valence-corrected chi connectivity index (χ0v) is 43.8. The quantitative estimate of drug-likeness (QED) is 0.0707. The van der Waals surface area contributed by atoms with Crippen molar-refractivity contribution >= 4 is 30.2 Å². The third kappa shape index (κ3) is 20.3. The number of alkyl carbamates (subject to hydrolysis) is 1. The van der Waals surface area contributed by atoms with Crippen molar-refractivity contribution in [3.05, 3.63) is 71.8 Å². The van der Waals surface area contributed by atoms with E-state index < -0.39 is 102 Å². The molecule has 398 valence electrons. The van der Waals surface area contributed by atoms with Gasteiger partial charge in [-0.05, 0) is 99.1 Å². The smallest absolute Gasteiger partial charge is 0.420 e. The maximum Gasteiger partial charge on any atom is 0.420 e. The third-order valence-corrected chi connectivity index (χ3v) is 11.6. The molecular formula is C53H80N2O16. The minimum Gasteiger partial charge on any atom is -0.458 e. The van der Waals surface area contributed by atoms with Crippen LogP contribution in [-0.2, 0) is 74.9 Å². The predicted octanol–water partition coefficient (Wildman–Crippen LogP) is 8.63. The number of hydrogen-bond donors (Lipinski definition) is 1. The monoisotopic (exact) mass is 1000 g/mol. The van der Waals surface area contributed by atoms with Gasteiger partial charge in [0.1, 0.15) is 53.4 Å². The molecule has 0 spiro atoms. The molecule has 2 heterocycles. The van der Waals surface area contributed by atoms with Crippen molar-refractivity contribution in [1.29, 1.82) is 0 Å². The van der Waals surface area contributed by atoms with Crippen LogP contribution in [0, 0.1) is 0 Å². The van der Waals surface area contributed by atoms with E-state index in [9.17, 15) is 24.0 Å². The summed E-state index contributed by atoms with van der Waals surface area (Å²) in [7, 11) is 0. The molecule has 2 fully saturated rings. The highest BCUT2D eigenvalue weighted by Crippen LogP contribution is 2.28. The lowest BCUT2D eigenvalue weighted by Gasteiger charge is -2.35. The van der Waals surface area contributed by atoms with Gasteiger partial charge < -0.3 is 57.4 Å². The first-order valence-electron chi connectivity index (χ1n) is 25.0. The zero-order chi connectivity index (χ0) is 52.2. The van der Waals surface area contributed by atoms with Crippen molar-refractivity contribution in [1.82, 2.24) is 10.2 Å². The Balaban J connectivity index is 1.42. The van der Waals surface area contributed by atoms with Crippen molar-refractivity contribution < 1.29 is 76.1 Å². The van der Waals surface area contributed by atoms with E-state index >= 15 is 0 Å². The molecular weight excluding hydrogens is 921 g/mol. The second-order valence-corrected chi connectivity index (χ2v) is 20.2. The molecule has 2 saturated heterocycles. The molecule has 0 radical (unpaired) electrons. The van der Waals surface area contributed by atoms with Crippen LogP contribution in [0.5, 0.6) is 0 Å². The number of nitrogens with zero attached hydrogens (tertiary/aromatic N) is 1. The number of hydrogen-bond acceptors (Lipinski definition) is 16. The lowest BCUT2D eigenvalue weighted by Crippen LogP contribution is -2.55. The molecule has 2 aliphatic rings. The van der Waals surface area contributed by atoms with Crippen LogP contribution in [0.4, 0.5) is 14.4 Å². The minimum absolute atomic E-state index is 0.0424. The highest BCUT2D eigenvalue weighted by Gasteiger charge is 2.45. The van der Waals surface area contributed by atoms with Crippen LogP contribution in [0.25, 0.3) is 0 Å². The molecule has 0 bridgehead atoms. The van der Waals surface area contributed by atoms with Crippen LogP contribution in [-0.4, -0.2) is 140 Å². The number of cyclic esters (lactones) is 2. The van der Waals surface area contributed by atoms with Crippen molar-refractivity contribution in [3.63, 3.8) is 0 Å². The molecule has 1 N–H and O–H groups in total. The summed E-state index contributed by atoms with van der Waals surface area (Å²) < 4.78 is 66.2. The molecule has 8 atom stereocenters. The molecule has 71 heavy (non-hydrogen) atoms. The second kappa shape index (κ2) is 28.4.